The number of aldehydes is 1. The summed E-state index contributed by atoms with van der Waals surface area (Å²) in [5.74, 6) is 0.465. The molecule has 0 fully saturated rings. The number of hydrogen-bond acceptors (Lipinski definition) is 4. The molecule has 84 valence electrons. The molecule has 2 aromatic heterocycles. The fraction of sp³-hybridized carbons (Fsp3) is 0.364. The van der Waals surface area contributed by atoms with Crippen LogP contribution in [-0.4, -0.2) is 20.8 Å². The van der Waals surface area contributed by atoms with Crippen molar-refractivity contribution < 1.29 is 4.79 Å². The number of hydrogen-bond donors (Lipinski definition) is 0. The molecule has 0 spiro atoms. The van der Waals surface area contributed by atoms with E-state index < -0.39 is 0 Å². The fourth-order valence-corrected chi connectivity index (χ4v) is 2.20. The van der Waals surface area contributed by atoms with E-state index in [-0.39, 0.29) is 0 Å². The van der Waals surface area contributed by atoms with Gasteiger partial charge in [-0.3, -0.25) is 4.79 Å². The van der Waals surface area contributed by atoms with E-state index in [1.807, 2.05) is 4.57 Å². The first-order valence-electron chi connectivity index (χ1n) is 5.10. The van der Waals surface area contributed by atoms with Crippen LogP contribution in [0.15, 0.2) is 17.9 Å². The van der Waals surface area contributed by atoms with Gasteiger partial charge in [0.15, 0.2) is 6.29 Å². The zero-order valence-corrected chi connectivity index (χ0v) is 10.1. The largest absolute Gasteiger partial charge is 0.331 e. The van der Waals surface area contributed by atoms with Gasteiger partial charge in [-0.25, -0.2) is 9.97 Å². The zero-order chi connectivity index (χ0) is 11.5. The summed E-state index contributed by atoms with van der Waals surface area (Å²) < 4.78 is 1.86. The maximum absolute atomic E-state index is 10.5. The van der Waals surface area contributed by atoms with Crippen LogP contribution in [0.3, 0.4) is 0 Å². The minimum Gasteiger partial charge on any atom is -0.331 e. The monoisotopic (exact) mass is 235 g/mol. The normalized spacial score (nSPS) is 10.9. The summed E-state index contributed by atoms with van der Waals surface area (Å²) in [5.41, 5.74) is 1.47. The summed E-state index contributed by atoms with van der Waals surface area (Å²) >= 11 is 1.68. The van der Waals surface area contributed by atoms with Crippen LogP contribution in [0.5, 0.6) is 0 Å². The van der Waals surface area contributed by atoms with Crippen LogP contribution < -0.4 is 0 Å². The summed E-state index contributed by atoms with van der Waals surface area (Å²) in [6, 6.07) is 0. The SMILES string of the molecule is CC(C)c1nc(Cn2cnc(C=O)c2)cs1. The Morgan fingerprint density at radius 3 is 2.94 bits per heavy atom. The van der Waals surface area contributed by atoms with E-state index in [1.54, 1.807) is 23.9 Å². The van der Waals surface area contributed by atoms with Crippen molar-refractivity contribution >= 4 is 17.6 Å². The van der Waals surface area contributed by atoms with Crippen LogP contribution in [0, 0.1) is 0 Å². The quantitative estimate of drug-likeness (QED) is 0.764. The summed E-state index contributed by atoms with van der Waals surface area (Å²) in [7, 11) is 0. The Labute approximate surface area is 98.0 Å². The smallest absolute Gasteiger partial charge is 0.169 e. The van der Waals surface area contributed by atoms with E-state index in [1.165, 1.54) is 0 Å². The zero-order valence-electron chi connectivity index (χ0n) is 9.25. The summed E-state index contributed by atoms with van der Waals surface area (Å²) in [4.78, 5) is 18.9. The van der Waals surface area contributed by atoms with Crippen molar-refractivity contribution in [2.45, 2.75) is 26.3 Å². The van der Waals surface area contributed by atoms with Gasteiger partial charge < -0.3 is 4.57 Å². The molecule has 4 nitrogen and oxygen atoms in total. The summed E-state index contributed by atoms with van der Waals surface area (Å²) in [6.07, 6.45) is 4.12. The van der Waals surface area contributed by atoms with Gasteiger partial charge in [-0.1, -0.05) is 13.8 Å². The van der Waals surface area contributed by atoms with E-state index in [9.17, 15) is 4.79 Å². The summed E-state index contributed by atoms with van der Waals surface area (Å²) in [6.45, 7) is 4.93. The lowest BCUT2D eigenvalue weighted by Crippen LogP contribution is -1.97. The molecule has 0 aliphatic rings. The van der Waals surface area contributed by atoms with Crippen LogP contribution in [0.1, 0.15) is 41.0 Å². The molecule has 0 saturated heterocycles. The molecule has 0 bridgehead atoms. The van der Waals surface area contributed by atoms with Gasteiger partial charge in [-0.15, -0.1) is 11.3 Å². The van der Waals surface area contributed by atoms with E-state index >= 15 is 0 Å². The second-order valence-corrected chi connectivity index (χ2v) is 4.81. The van der Waals surface area contributed by atoms with Crippen LogP contribution in [0.4, 0.5) is 0 Å². The molecule has 5 heteroatoms. The highest BCUT2D eigenvalue weighted by Crippen LogP contribution is 2.19. The molecule has 2 rings (SSSR count). The Balaban J connectivity index is 2.11. The maximum atomic E-state index is 10.5. The number of imidazole rings is 1. The molecule has 0 N–H and O–H groups in total. The second-order valence-electron chi connectivity index (χ2n) is 3.92. The molecule has 2 heterocycles. The standard InChI is InChI=1S/C11H13N3OS/c1-8(2)11-13-10(6-16-11)4-14-3-9(5-15)12-7-14/h3,5-8H,4H2,1-2H3. The number of carbonyl (C=O) groups is 1. The first-order valence-corrected chi connectivity index (χ1v) is 5.98. The van der Waals surface area contributed by atoms with Crippen LogP contribution in [-0.2, 0) is 6.54 Å². The topological polar surface area (TPSA) is 47.8 Å². The molecular formula is C11H13N3OS. The van der Waals surface area contributed by atoms with Gasteiger partial charge in [0.05, 0.1) is 23.6 Å². The van der Waals surface area contributed by atoms with Crippen molar-refractivity contribution in [3.8, 4) is 0 Å². The van der Waals surface area contributed by atoms with Crippen molar-refractivity contribution in [2.24, 2.45) is 0 Å². The Kier molecular flexibility index (Phi) is 3.14. The van der Waals surface area contributed by atoms with Gasteiger partial charge in [0.25, 0.3) is 0 Å². The third-order valence-electron chi connectivity index (χ3n) is 2.18. The molecule has 0 amide bonds. The fourth-order valence-electron chi connectivity index (χ4n) is 1.37. The first kappa shape index (κ1) is 11.0. The number of rotatable bonds is 4. The van der Waals surface area contributed by atoms with Gasteiger partial charge in [0, 0.05) is 17.5 Å². The van der Waals surface area contributed by atoms with E-state index in [0.717, 1.165) is 17.0 Å². The Morgan fingerprint density at radius 1 is 1.56 bits per heavy atom. The van der Waals surface area contributed by atoms with Gasteiger partial charge in [0.1, 0.15) is 5.69 Å². The highest BCUT2D eigenvalue weighted by atomic mass is 32.1. The van der Waals surface area contributed by atoms with E-state index in [0.29, 0.717) is 18.2 Å². The van der Waals surface area contributed by atoms with Gasteiger partial charge in [0.2, 0.25) is 0 Å². The highest BCUT2D eigenvalue weighted by molar-refractivity contribution is 7.09. The minimum absolute atomic E-state index is 0.458. The molecule has 0 radical (unpaired) electrons. The molecule has 16 heavy (non-hydrogen) atoms. The van der Waals surface area contributed by atoms with E-state index in [2.05, 4.69) is 29.2 Å². The molecule has 0 saturated carbocycles. The number of thiazole rings is 1. The summed E-state index contributed by atoms with van der Waals surface area (Å²) in [5, 5.41) is 3.20. The number of aromatic nitrogens is 3. The minimum atomic E-state index is 0.458. The predicted molar refractivity (Wildman–Crippen MR) is 62.9 cm³/mol. The molecule has 0 aliphatic heterocycles. The second kappa shape index (κ2) is 4.57. The lowest BCUT2D eigenvalue weighted by Gasteiger charge is -1.98. The van der Waals surface area contributed by atoms with Crippen LogP contribution >= 0.6 is 11.3 Å². The van der Waals surface area contributed by atoms with E-state index in [4.69, 9.17) is 0 Å². The van der Waals surface area contributed by atoms with Crippen molar-refractivity contribution in [1.29, 1.82) is 0 Å². The Bertz CT molecular complexity index is 487. The van der Waals surface area contributed by atoms with Crippen molar-refractivity contribution in [1.82, 2.24) is 14.5 Å². The molecule has 0 aromatic carbocycles. The van der Waals surface area contributed by atoms with Crippen molar-refractivity contribution in [3.05, 3.63) is 34.3 Å². The van der Waals surface area contributed by atoms with Crippen LogP contribution in [0.25, 0.3) is 0 Å². The average molecular weight is 235 g/mol. The number of carbonyl (C=O) groups excluding carboxylic acids is 1. The van der Waals surface area contributed by atoms with Crippen molar-refractivity contribution in [3.63, 3.8) is 0 Å². The molecule has 0 atom stereocenters. The third-order valence-corrected chi connectivity index (χ3v) is 3.38. The molecule has 0 aliphatic carbocycles. The molecule has 2 aromatic rings. The Hall–Kier alpha value is -1.49. The van der Waals surface area contributed by atoms with Gasteiger partial charge in [-0.2, -0.15) is 0 Å². The number of nitrogens with zero attached hydrogens (tertiary/aromatic N) is 3. The third kappa shape index (κ3) is 2.36. The lowest BCUT2D eigenvalue weighted by molar-refractivity contribution is 0.111. The highest BCUT2D eigenvalue weighted by Gasteiger charge is 2.06. The lowest BCUT2D eigenvalue weighted by atomic mass is 10.2. The molecular weight excluding hydrogens is 222 g/mol. The van der Waals surface area contributed by atoms with Gasteiger partial charge in [-0.05, 0) is 0 Å². The average Bonchev–Trinajstić information content (AvgIpc) is 2.87. The first-order chi connectivity index (χ1) is 7.69. The van der Waals surface area contributed by atoms with Crippen molar-refractivity contribution in [2.75, 3.05) is 0 Å². The van der Waals surface area contributed by atoms with Gasteiger partial charge >= 0.3 is 0 Å². The maximum Gasteiger partial charge on any atom is 0.169 e. The van der Waals surface area contributed by atoms with Crippen LogP contribution in [0.2, 0.25) is 0 Å². The molecule has 0 unspecified atom stereocenters. The Morgan fingerprint density at radius 2 is 2.38 bits per heavy atom. The predicted octanol–water partition coefficient (Wildman–Crippen LogP) is 2.32.